The topological polar surface area (TPSA) is 37.8 Å². The van der Waals surface area contributed by atoms with Crippen LogP contribution in [0.5, 0.6) is 0 Å². The van der Waals surface area contributed by atoms with Crippen molar-refractivity contribution in [2.45, 2.75) is 32.1 Å². The first-order valence-electron chi connectivity index (χ1n) is 5.33. The highest BCUT2D eigenvalue weighted by Crippen LogP contribution is 2.31. The second kappa shape index (κ2) is 4.35. The zero-order chi connectivity index (χ0) is 10.8. The molecule has 0 bridgehead atoms. The molecular formula is C11H16ClN3. The Morgan fingerprint density at radius 3 is 2.87 bits per heavy atom. The van der Waals surface area contributed by atoms with E-state index in [9.17, 15) is 0 Å². The van der Waals surface area contributed by atoms with Gasteiger partial charge in [-0.3, -0.25) is 4.98 Å². The van der Waals surface area contributed by atoms with Crippen molar-refractivity contribution < 1.29 is 0 Å². The Hall–Kier alpha value is -0.830. The minimum absolute atomic E-state index is 0.390. The molecule has 0 amide bonds. The van der Waals surface area contributed by atoms with Crippen LogP contribution in [0.4, 0.5) is 5.82 Å². The lowest BCUT2D eigenvalue weighted by Crippen LogP contribution is -2.30. The molecule has 1 heterocycles. The highest BCUT2D eigenvalue weighted by Gasteiger charge is 2.26. The van der Waals surface area contributed by atoms with E-state index in [-0.39, 0.29) is 0 Å². The molecule has 82 valence electrons. The van der Waals surface area contributed by atoms with Gasteiger partial charge in [0.05, 0.1) is 11.4 Å². The molecule has 1 aromatic rings. The van der Waals surface area contributed by atoms with E-state index in [1.165, 1.54) is 0 Å². The van der Waals surface area contributed by atoms with Gasteiger partial charge in [0.1, 0.15) is 5.82 Å². The van der Waals surface area contributed by atoms with Gasteiger partial charge in [0.2, 0.25) is 0 Å². The van der Waals surface area contributed by atoms with Crippen LogP contribution in [-0.4, -0.2) is 21.9 Å². The molecule has 1 N–H and O–H groups in total. The fraction of sp³-hybridized carbons (Fsp3) is 0.636. The third kappa shape index (κ3) is 2.59. The van der Waals surface area contributed by atoms with Gasteiger partial charge in [-0.15, -0.1) is 11.6 Å². The minimum atomic E-state index is 0.390. The molecule has 2 rings (SSSR count). The molecular weight excluding hydrogens is 210 g/mol. The molecule has 0 unspecified atom stereocenters. The maximum Gasteiger partial charge on any atom is 0.147 e. The van der Waals surface area contributed by atoms with Crippen molar-refractivity contribution in [2.24, 2.45) is 5.92 Å². The normalized spacial score (nSPS) is 24.7. The first-order chi connectivity index (χ1) is 7.15. The van der Waals surface area contributed by atoms with Crippen LogP contribution in [-0.2, 0) is 0 Å². The average molecular weight is 226 g/mol. The molecule has 15 heavy (non-hydrogen) atoms. The molecule has 0 atom stereocenters. The number of hydrogen-bond acceptors (Lipinski definition) is 3. The van der Waals surface area contributed by atoms with E-state index in [0.29, 0.717) is 11.3 Å². The van der Waals surface area contributed by atoms with Crippen molar-refractivity contribution in [3.05, 3.63) is 17.6 Å². The largest absolute Gasteiger partial charge is 0.368 e. The molecule has 0 saturated heterocycles. The Morgan fingerprint density at radius 2 is 2.20 bits per heavy atom. The van der Waals surface area contributed by atoms with Gasteiger partial charge in [-0.1, -0.05) is 0 Å². The fourth-order valence-electron chi connectivity index (χ4n) is 1.77. The Bertz CT molecular complexity index is 348. The summed E-state index contributed by atoms with van der Waals surface area (Å²) in [5, 5.41) is 3.73. The first-order valence-corrected chi connectivity index (χ1v) is 5.77. The summed E-state index contributed by atoms with van der Waals surface area (Å²) < 4.78 is 0. The molecule has 4 heteroatoms. The Kier molecular flexibility index (Phi) is 3.10. The lowest BCUT2D eigenvalue weighted by atomic mass is 9.85. The second-order valence-corrected chi connectivity index (χ2v) is 4.88. The molecule has 1 aliphatic carbocycles. The highest BCUT2D eigenvalue weighted by atomic mass is 35.5. The fourth-order valence-corrected chi connectivity index (χ4v) is 2.27. The van der Waals surface area contributed by atoms with Crippen LogP contribution >= 0.6 is 11.6 Å². The van der Waals surface area contributed by atoms with Gasteiger partial charge < -0.3 is 5.32 Å². The maximum atomic E-state index is 5.93. The number of nitrogens with zero attached hydrogens (tertiary/aromatic N) is 2. The number of anilines is 1. The first kappa shape index (κ1) is 10.7. The maximum absolute atomic E-state index is 5.93. The number of nitrogens with one attached hydrogen (secondary N) is 1. The van der Waals surface area contributed by atoms with Crippen LogP contribution in [0.25, 0.3) is 0 Å². The van der Waals surface area contributed by atoms with E-state index < -0.39 is 0 Å². The van der Waals surface area contributed by atoms with Crippen LogP contribution in [0.1, 0.15) is 24.2 Å². The van der Waals surface area contributed by atoms with Crippen LogP contribution < -0.4 is 5.32 Å². The van der Waals surface area contributed by atoms with Crippen LogP contribution in [0.3, 0.4) is 0 Å². The zero-order valence-corrected chi connectivity index (χ0v) is 9.88. The van der Waals surface area contributed by atoms with Crippen molar-refractivity contribution in [1.82, 2.24) is 9.97 Å². The summed E-state index contributed by atoms with van der Waals surface area (Å²) in [7, 11) is 0. The Morgan fingerprint density at radius 1 is 1.47 bits per heavy atom. The molecule has 0 aromatic carbocycles. The Balaban J connectivity index is 1.90. The van der Waals surface area contributed by atoms with Crippen LogP contribution in [0, 0.1) is 19.8 Å². The third-order valence-electron chi connectivity index (χ3n) is 2.81. The number of rotatable bonds is 3. The molecule has 0 radical (unpaired) electrons. The van der Waals surface area contributed by atoms with Gasteiger partial charge in [0, 0.05) is 18.1 Å². The van der Waals surface area contributed by atoms with E-state index >= 15 is 0 Å². The summed E-state index contributed by atoms with van der Waals surface area (Å²) in [5.41, 5.74) is 1.91. The summed E-state index contributed by atoms with van der Waals surface area (Å²) in [6.07, 6.45) is 4.03. The van der Waals surface area contributed by atoms with Crippen LogP contribution in [0.2, 0.25) is 0 Å². The molecule has 0 aliphatic heterocycles. The monoisotopic (exact) mass is 225 g/mol. The van der Waals surface area contributed by atoms with E-state index in [1.807, 2.05) is 13.8 Å². The van der Waals surface area contributed by atoms with Gasteiger partial charge in [0.15, 0.2) is 0 Å². The molecule has 1 fully saturated rings. The van der Waals surface area contributed by atoms with Crippen molar-refractivity contribution in [3.8, 4) is 0 Å². The summed E-state index contributed by atoms with van der Waals surface area (Å²) in [4.78, 5) is 8.68. The van der Waals surface area contributed by atoms with Gasteiger partial charge in [-0.25, -0.2) is 4.98 Å². The van der Waals surface area contributed by atoms with Crippen molar-refractivity contribution >= 4 is 17.4 Å². The number of aryl methyl sites for hydroxylation is 2. The van der Waals surface area contributed by atoms with E-state index in [4.69, 9.17) is 11.6 Å². The van der Waals surface area contributed by atoms with Crippen molar-refractivity contribution in [3.63, 3.8) is 0 Å². The molecule has 1 aromatic heterocycles. The third-order valence-corrected chi connectivity index (χ3v) is 3.17. The quantitative estimate of drug-likeness (QED) is 0.804. The van der Waals surface area contributed by atoms with E-state index in [1.54, 1.807) is 6.20 Å². The average Bonchev–Trinajstić information content (AvgIpc) is 2.16. The SMILES string of the molecule is Cc1cnc(C)c(NCC2CC(Cl)C2)n1. The number of aromatic nitrogens is 2. The van der Waals surface area contributed by atoms with E-state index in [0.717, 1.165) is 36.6 Å². The highest BCUT2D eigenvalue weighted by molar-refractivity contribution is 6.21. The molecule has 3 nitrogen and oxygen atoms in total. The smallest absolute Gasteiger partial charge is 0.147 e. The lowest BCUT2D eigenvalue weighted by Gasteiger charge is -2.31. The molecule has 1 aliphatic rings. The van der Waals surface area contributed by atoms with Crippen molar-refractivity contribution in [2.75, 3.05) is 11.9 Å². The van der Waals surface area contributed by atoms with E-state index in [2.05, 4.69) is 15.3 Å². The van der Waals surface area contributed by atoms with Crippen molar-refractivity contribution in [1.29, 1.82) is 0 Å². The van der Waals surface area contributed by atoms with Crippen LogP contribution in [0.15, 0.2) is 6.20 Å². The number of hydrogen-bond donors (Lipinski definition) is 1. The zero-order valence-electron chi connectivity index (χ0n) is 9.13. The summed E-state index contributed by atoms with van der Waals surface area (Å²) in [6.45, 7) is 4.89. The van der Waals surface area contributed by atoms with Gasteiger partial charge in [-0.2, -0.15) is 0 Å². The Labute approximate surface area is 95.3 Å². The van der Waals surface area contributed by atoms with Gasteiger partial charge >= 0.3 is 0 Å². The molecule has 1 saturated carbocycles. The summed E-state index contributed by atoms with van der Waals surface area (Å²) >= 11 is 5.93. The lowest BCUT2D eigenvalue weighted by molar-refractivity contribution is 0.341. The van der Waals surface area contributed by atoms with Gasteiger partial charge in [0.25, 0.3) is 0 Å². The summed E-state index contributed by atoms with van der Waals surface area (Å²) in [5.74, 6) is 1.61. The predicted octanol–water partition coefficient (Wildman–Crippen LogP) is 2.52. The predicted molar refractivity (Wildman–Crippen MR) is 62.4 cm³/mol. The standard InChI is InChI=1S/C11H16ClN3/c1-7-5-13-8(2)11(15-7)14-6-9-3-10(12)4-9/h5,9-10H,3-4,6H2,1-2H3,(H,14,15). The molecule has 0 spiro atoms. The van der Waals surface area contributed by atoms with Gasteiger partial charge in [-0.05, 0) is 32.6 Å². The number of halogens is 1. The number of alkyl halides is 1. The minimum Gasteiger partial charge on any atom is -0.368 e. The second-order valence-electron chi connectivity index (χ2n) is 4.26. The summed E-state index contributed by atoms with van der Waals surface area (Å²) in [6, 6.07) is 0.